The highest BCUT2D eigenvalue weighted by Crippen LogP contribution is 2.41. The van der Waals surface area contributed by atoms with E-state index < -0.39 is 42.5 Å². The maximum absolute atomic E-state index is 12.5. The van der Waals surface area contributed by atoms with Gasteiger partial charge < -0.3 is 10.0 Å². The largest absolute Gasteiger partial charge is 0.481 e. The number of halogens is 3. The molecule has 0 bridgehead atoms. The minimum Gasteiger partial charge on any atom is -0.481 e. The van der Waals surface area contributed by atoms with Crippen LogP contribution in [0.25, 0.3) is 0 Å². The second-order valence-electron chi connectivity index (χ2n) is 4.84. The lowest BCUT2D eigenvalue weighted by atomic mass is 10.1. The first-order valence-electron chi connectivity index (χ1n) is 6.31. The van der Waals surface area contributed by atoms with Gasteiger partial charge in [-0.05, 0) is 19.3 Å². The van der Waals surface area contributed by atoms with Crippen LogP contribution in [0.1, 0.15) is 33.1 Å². The number of carbonyl (C=O) groups excluding carboxylic acids is 1. The fourth-order valence-electron chi connectivity index (χ4n) is 2.26. The molecule has 1 aliphatic carbocycles. The zero-order valence-corrected chi connectivity index (χ0v) is 10.9. The molecule has 1 saturated carbocycles. The Morgan fingerprint density at radius 1 is 1.26 bits per heavy atom. The van der Waals surface area contributed by atoms with Crippen LogP contribution < -0.4 is 0 Å². The minimum atomic E-state index is -4.47. The molecular weight excluding hydrogens is 263 g/mol. The molecule has 0 unspecified atom stereocenters. The Kier molecular flexibility index (Phi) is 4.81. The number of carboxylic acids is 1. The van der Waals surface area contributed by atoms with Crippen LogP contribution in [0.5, 0.6) is 0 Å². The number of rotatable bonds is 6. The van der Waals surface area contributed by atoms with Gasteiger partial charge in [-0.2, -0.15) is 13.2 Å². The SMILES string of the molecule is CCC(CC)N(CC(F)(F)F)C(=O)[C@@H]1C[C@@H]1C(=O)O. The molecule has 4 nitrogen and oxygen atoms in total. The molecule has 7 heteroatoms. The van der Waals surface area contributed by atoms with Crippen molar-refractivity contribution in [2.45, 2.75) is 45.3 Å². The molecule has 0 aliphatic heterocycles. The van der Waals surface area contributed by atoms with Crippen LogP contribution >= 0.6 is 0 Å². The first-order valence-corrected chi connectivity index (χ1v) is 6.31. The summed E-state index contributed by atoms with van der Waals surface area (Å²) in [6.07, 6.45) is -3.49. The number of nitrogens with zero attached hydrogens (tertiary/aromatic N) is 1. The van der Waals surface area contributed by atoms with Crippen LogP contribution in [0, 0.1) is 11.8 Å². The second kappa shape index (κ2) is 5.79. The van der Waals surface area contributed by atoms with E-state index in [-0.39, 0.29) is 6.42 Å². The molecule has 0 aromatic carbocycles. The number of hydrogen-bond acceptors (Lipinski definition) is 2. The van der Waals surface area contributed by atoms with Crippen molar-refractivity contribution >= 4 is 11.9 Å². The lowest BCUT2D eigenvalue weighted by Crippen LogP contribution is -2.46. The maximum Gasteiger partial charge on any atom is 0.406 e. The third-order valence-corrected chi connectivity index (χ3v) is 3.44. The van der Waals surface area contributed by atoms with E-state index in [4.69, 9.17) is 5.11 Å². The molecular formula is C12H18F3NO3. The molecule has 0 aromatic heterocycles. The summed E-state index contributed by atoms with van der Waals surface area (Å²) in [6, 6.07) is -0.496. The Hall–Kier alpha value is -1.27. The number of amides is 1. The molecule has 1 N–H and O–H groups in total. The summed E-state index contributed by atoms with van der Waals surface area (Å²) in [5, 5.41) is 8.75. The average molecular weight is 281 g/mol. The van der Waals surface area contributed by atoms with Gasteiger partial charge in [-0.15, -0.1) is 0 Å². The molecule has 1 aliphatic rings. The van der Waals surface area contributed by atoms with E-state index in [9.17, 15) is 22.8 Å². The zero-order valence-electron chi connectivity index (χ0n) is 10.9. The first kappa shape index (κ1) is 15.8. The van der Waals surface area contributed by atoms with Crippen molar-refractivity contribution in [3.8, 4) is 0 Å². The summed E-state index contributed by atoms with van der Waals surface area (Å²) in [5.41, 5.74) is 0. The second-order valence-corrected chi connectivity index (χ2v) is 4.84. The van der Waals surface area contributed by atoms with Crippen molar-refractivity contribution in [3.63, 3.8) is 0 Å². The van der Waals surface area contributed by atoms with Gasteiger partial charge in [0.1, 0.15) is 6.54 Å². The van der Waals surface area contributed by atoms with E-state index in [1.165, 1.54) is 0 Å². The van der Waals surface area contributed by atoms with Crippen molar-refractivity contribution in [1.29, 1.82) is 0 Å². The molecule has 0 spiro atoms. The fourth-order valence-corrected chi connectivity index (χ4v) is 2.26. The van der Waals surface area contributed by atoms with Gasteiger partial charge in [-0.25, -0.2) is 0 Å². The number of hydrogen-bond donors (Lipinski definition) is 1. The van der Waals surface area contributed by atoms with Crippen LogP contribution in [0.15, 0.2) is 0 Å². The topological polar surface area (TPSA) is 57.6 Å². The summed E-state index contributed by atoms with van der Waals surface area (Å²) < 4.78 is 37.6. The predicted molar refractivity (Wildman–Crippen MR) is 61.4 cm³/mol. The predicted octanol–water partition coefficient (Wildman–Crippen LogP) is 2.29. The highest BCUT2D eigenvalue weighted by molar-refractivity contribution is 5.89. The maximum atomic E-state index is 12.5. The van der Waals surface area contributed by atoms with E-state index in [2.05, 4.69) is 0 Å². The van der Waals surface area contributed by atoms with Gasteiger partial charge in [0, 0.05) is 6.04 Å². The molecule has 2 atom stereocenters. The van der Waals surface area contributed by atoms with E-state index in [0.717, 1.165) is 4.90 Å². The van der Waals surface area contributed by atoms with Crippen LogP contribution in [0.2, 0.25) is 0 Å². The molecule has 0 aromatic rings. The van der Waals surface area contributed by atoms with Crippen LogP contribution in [-0.4, -0.2) is 40.6 Å². The fraction of sp³-hybridized carbons (Fsp3) is 0.833. The van der Waals surface area contributed by atoms with Gasteiger partial charge in [0.2, 0.25) is 5.91 Å². The minimum absolute atomic E-state index is 0.142. The van der Waals surface area contributed by atoms with Crippen molar-refractivity contribution in [2.75, 3.05) is 6.54 Å². The number of aliphatic carboxylic acids is 1. The van der Waals surface area contributed by atoms with Gasteiger partial charge in [-0.3, -0.25) is 9.59 Å². The highest BCUT2D eigenvalue weighted by Gasteiger charge is 2.51. The molecule has 0 radical (unpaired) electrons. The van der Waals surface area contributed by atoms with Crippen LogP contribution in [-0.2, 0) is 9.59 Å². The summed E-state index contributed by atoms with van der Waals surface area (Å²) in [6.45, 7) is 2.12. The molecule has 1 amide bonds. The van der Waals surface area contributed by atoms with Crippen LogP contribution in [0.4, 0.5) is 13.2 Å². The number of alkyl halides is 3. The van der Waals surface area contributed by atoms with Crippen molar-refractivity contribution in [1.82, 2.24) is 4.90 Å². The van der Waals surface area contributed by atoms with Gasteiger partial charge in [0.25, 0.3) is 0 Å². The Balaban J connectivity index is 2.79. The zero-order chi connectivity index (χ0) is 14.8. The summed E-state index contributed by atoms with van der Waals surface area (Å²) in [4.78, 5) is 23.5. The normalized spacial score (nSPS) is 22.4. The molecule has 0 heterocycles. The Bertz CT molecular complexity index is 353. The average Bonchev–Trinajstić information content (AvgIpc) is 3.06. The lowest BCUT2D eigenvalue weighted by Gasteiger charge is -2.31. The Morgan fingerprint density at radius 3 is 2.11 bits per heavy atom. The molecule has 0 saturated heterocycles. The first-order chi connectivity index (χ1) is 8.71. The molecule has 1 fully saturated rings. The summed E-state index contributed by atoms with van der Waals surface area (Å²) in [5.74, 6) is -3.41. The standard InChI is InChI=1S/C12H18F3NO3/c1-3-7(4-2)16(6-12(13,14)15)10(17)8-5-9(8)11(18)19/h7-9H,3-6H2,1-2H3,(H,18,19)/t8-,9+/m1/s1. The monoisotopic (exact) mass is 281 g/mol. The van der Waals surface area contributed by atoms with Gasteiger partial charge in [0.05, 0.1) is 11.8 Å². The lowest BCUT2D eigenvalue weighted by molar-refractivity contribution is -0.167. The van der Waals surface area contributed by atoms with Gasteiger partial charge in [-0.1, -0.05) is 13.8 Å². The van der Waals surface area contributed by atoms with Crippen molar-refractivity contribution in [3.05, 3.63) is 0 Å². The molecule has 19 heavy (non-hydrogen) atoms. The summed E-state index contributed by atoms with van der Waals surface area (Å²) >= 11 is 0. The summed E-state index contributed by atoms with van der Waals surface area (Å²) in [7, 11) is 0. The van der Waals surface area contributed by atoms with Gasteiger partial charge in [0.15, 0.2) is 0 Å². The number of carboxylic acid groups (broad SMARTS) is 1. The van der Waals surface area contributed by atoms with Crippen molar-refractivity contribution < 1.29 is 27.9 Å². The third kappa shape index (κ3) is 4.11. The third-order valence-electron chi connectivity index (χ3n) is 3.44. The van der Waals surface area contributed by atoms with Crippen molar-refractivity contribution in [2.24, 2.45) is 11.8 Å². The van der Waals surface area contributed by atoms with E-state index in [1.807, 2.05) is 0 Å². The van der Waals surface area contributed by atoms with E-state index in [1.54, 1.807) is 13.8 Å². The van der Waals surface area contributed by atoms with Gasteiger partial charge >= 0.3 is 12.1 Å². The quantitative estimate of drug-likeness (QED) is 0.812. The Morgan fingerprint density at radius 2 is 1.79 bits per heavy atom. The number of carbonyl (C=O) groups is 2. The Labute approximate surface area is 109 Å². The van der Waals surface area contributed by atoms with Crippen LogP contribution in [0.3, 0.4) is 0 Å². The highest BCUT2D eigenvalue weighted by atomic mass is 19.4. The smallest absolute Gasteiger partial charge is 0.406 e. The molecule has 1 rings (SSSR count). The van der Waals surface area contributed by atoms with E-state index in [0.29, 0.717) is 12.8 Å². The van der Waals surface area contributed by atoms with E-state index >= 15 is 0 Å². The molecule has 110 valence electrons.